The zero-order valence-corrected chi connectivity index (χ0v) is 12.3. The van der Waals surface area contributed by atoms with Crippen LogP contribution in [0.25, 0.3) is 0 Å². The zero-order valence-electron chi connectivity index (χ0n) is 10.7. The normalized spacial score (nSPS) is 25.2. The molecule has 3 N–H and O–H groups in total. The predicted molar refractivity (Wildman–Crippen MR) is 75.8 cm³/mol. The van der Waals surface area contributed by atoms with Gasteiger partial charge in [-0.05, 0) is 24.9 Å². The van der Waals surface area contributed by atoms with E-state index in [9.17, 15) is 9.59 Å². The maximum atomic E-state index is 12.3. The molecule has 1 saturated heterocycles. The van der Waals surface area contributed by atoms with Crippen molar-refractivity contribution in [3.8, 4) is 0 Å². The fourth-order valence-electron chi connectivity index (χ4n) is 1.92. The standard InChI is InChI=1S/C11H20N2O3S2/c1-3-9-13(8(6-18-9)11(15)16)10(14)7(12)4-5-17-2/h7-9H,3-6,12H2,1-2H3,(H,15,16)/t7-,8?,9?/m0/s1. The number of carboxylic acid groups (broad SMARTS) is 1. The van der Waals surface area contributed by atoms with Crippen molar-refractivity contribution in [2.75, 3.05) is 17.8 Å². The number of thioether (sulfide) groups is 2. The smallest absolute Gasteiger partial charge is 0.327 e. The SMILES string of the molecule is CCC1SCC(C(=O)O)N1C(=O)[C@@H](N)CCSC. The van der Waals surface area contributed by atoms with Crippen LogP contribution in [0, 0.1) is 0 Å². The van der Waals surface area contributed by atoms with E-state index in [0.29, 0.717) is 12.2 Å². The van der Waals surface area contributed by atoms with E-state index in [-0.39, 0.29) is 11.3 Å². The Morgan fingerprint density at radius 1 is 1.61 bits per heavy atom. The summed E-state index contributed by atoms with van der Waals surface area (Å²) in [6, 6.07) is -1.32. The zero-order chi connectivity index (χ0) is 13.7. The van der Waals surface area contributed by atoms with E-state index in [1.807, 2.05) is 13.2 Å². The summed E-state index contributed by atoms with van der Waals surface area (Å²) in [6.45, 7) is 1.95. The Labute approximate surface area is 116 Å². The van der Waals surface area contributed by atoms with Crippen molar-refractivity contribution < 1.29 is 14.7 Å². The molecule has 5 nitrogen and oxygen atoms in total. The Morgan fingerprint density at radius 3 is 2.78 bits per heavy atom. The number of carbonyl (C=O) groups excluding carboxylic acids is 1. The Kier molecular flexibility index (Phi) is 6.31. The number of nitrogens with zero attached hydrogens (tertiary/aromatic N) is 1. The van der Waals surface area contributed by atoms with E-state index in [1.165, 1.54) is 16.7 Å². The summed E-state index contributed by atoms with van der Waals surface area (Å²) in [5, 5.41) is 9.10. The lowest BCUT2D eigenvalue weighted by molar-refractivity contribution is -0.149. The van der Waals surface area contributed by atoms with Gasteiger partial charge in [-0.3, -0.25) is 4.79 Å². The molecule has 0 radical (unpaired) electrons. The monoisotopic (exact) mass is 292 g/mol. The minimum Gasteiger partial charge on any atom is -0.480 e. The molecule has 0 aromatic heterocycles. The van der Waals surface area contributed by atoms with Crippen molar-refractivity contribution in [1.82, 2.24) is 4.90 Å². The predicted octanol–water partition coefficient (Wildman–Crippen LogP) is 0.832. The van der Waals surface area contributed by atoms with Crippen LogP contribution in [0.1, 0.15) is 19.8 Å². The molecule has 0 saturated carbocycles. The molecule has 0 aromatic carbocycles. The molecule has 1 fully saturated rings. The largest absolute Gasteiger partial charge is 0.480 e. The lowest BCUT2D eigenvalue weighted by atomic mass is 10.1. The summed E-state index contributed by atoms with van der Waals surface area (Å²) >= 11 is 3.15. The third-order valence-electron chi connectivity index (χ3n) is 2.93. The van der Waals surface area contributed by atoms with Gasteiger partial charge in [0, 0.05) is 5.75 Å². The topological polar surface area (TPSA) is 83.6 Å². The van der Waals surface area contributed by atoms with Gasteiger partial charge in [-0.15, -0.1) is 11.8 Å². The van der Waals surface area contributed by atoms with Crippen molar-refractivity contribution in [1.29, 1.82) is 0 Å². The molecular formula is C11H20N2O3S2. The molecule has 1 amide bonds. The molecule has 104 valence electrons. The van der Waals surface area contributed by atoms with Crippen LogP contribution < -0.4 is 5.73 Å². The Bertz CT molecular complexity index is 315. The molecular weight excluding hydrogens is 272 g/mol. The average molecular weight is 292 g/mol. The molecule has 0 aromatic rings. The van der Waals surface area contributed by atoms with Gasteiger partial charge in [-0.25, -0.2) is 4.79 Å². The van der Waals surface area contributed by atoms with Crippen LogP contribution in [0.3, 0.4) is 0 Å². The summed E-state index contributed by atoms with van der Waals surface area (Å²) in [7, 11) is 0. The second-order valence-corrected chi connectivity index (χ2v) is 6.38. The first kappa shape index (κ1) is 15.7. The van der Waals surface area contributed by atoms with E-state index >= 15 is 0 Å². The fourth-order valence-corrected chi connectivity index (χ4v) is 3.77. The summed E-state index contributed by atoms with van der Waals surface area (Å²) in [4.78, 5) is 24.9. The van der Waals surface area contributed by atoms with E-state index < -0.39 is 18.1 Å². The van der Waals surface area contributed by atoms with Crippen LogP contribution >= 0.6 is 23.5 Å². The van der Waals surface area contributed by atoms with Gasteiger partial charge in [0.05, 0.1) is 11.4 Å². The van der Waals surface area contributed by atoms with Gasteiger partial charge in [0.2, 0.25) is 5.91 Å². The average Bonchev–Trinajstić information content (AvgIpc) is 2.78. The highest BCUT2D eigenvalue weighted by molar-refractivity contribution is 8.00. The summed E-state index contributed by atoms with van der Waals surface area (Å²) in [5.41, 5.74) is 5.86. The van der Waals surface area contributed by atoms with Gasteiger partial charge in [0.1, 0.15) is 6.04 Å². The first-order chi connectivity index (χ1) is 8.52. The van der Waals surface area contributed by atoms with Crippen LogP contribution in [0.2, 0.25) is 0 Å². The maximum Gasteiger partial charge on any atom is 0.327 e. The molecule has 0 aliphatic carbocycles. The van der Waals surface area contributed by atoms with Crippen LogP contribution in [-0.2, 0) is 9.59 Å². The van der Waals surface area contributed by atoms with E-state index in [4.69, 9.17) is 10.8 Å². The Balaban J connectivity index is 2.74. The minimum atomic E-state index is -0.941. The number of carbonyl (C=O) groups is 2. The maximum absolute atomic E-state index is 12.3. The number of nitrogens with two attached hydrogens (primary N) is 1. The highest BCUT2D eigenvalue weighted by Crippen LogP contribution is 2.31. The van der Waals surface area contributed by atoms with Gasteiger partial charge in [0.15, 0.2) is 0 Å². The minimum absolute atomic E-state index is 0.0565. The van der Waals surface area contributed by atoms with Gasteiger partial charge in [-0.1, -0.05) is 6.92 Å². The first-order valence-electron chi connectivity index (χ1n) is 5.94. The van der Waals surface area contributed by atoms with E-state index in [0.717, 1.165) is 12.2 Å². The third-order valence-corrected chi connectivity index (χ3v) is 5.03. The number of rotatable bonds is 6. The second-order valence-electron chi connectivity index (χ2n) is 4.18. The highest BCUT2D eigenvalue weighted by Gasteiger charge is 2.42. The number of hydrogen-bond acceptors (Lipinski definition) is 5. The molecule has 3 atom stereocenters. The van der Waals surface area contributed by atoms with Crippen molar-refractivity contribution in [3.05, 3.63) is 0 Å². The molecule has 18 heavy (non-hydrogen) atoms. The Hall–Kier alpha value is -0.400. The fraction of sp³-hybridized carbons (Fsp3) is 0.818. The number of aliphatic carboxylic acids is 1. The molecule has 1 rings (SSSR count). The van der Waals surface area contributed by atoms with Crippen LogP contribution in [0.5, 0.6) is 0 Å². The molecule has 1 aliphatic rings. The van der Waals surface area contributed by atoms with Crippen molar-refractivity contribution >= 4 is 35.4 Å². The summed E-state index contributed by atoms with van der Waals surface area (Å²) in [5.74, 6) is 0.0919. The molecule has 2 unspecified atom stereocenters. The van der Waals surface area contributed by atoms with E-state index in [2.05, 4.69) is 0 Å². The van der Waals surface area contributed by atoms with Crippen LogP contribution in [0.15, 0.2) is 0 Å². The summed E-state index contributed by atoms with van der Waals surface area (Å²) in [6.07, 6.45) is 3.29. The van der Waals surface area contributed by atoms with Gasteiger partial charge >= 0.3 is 5.97 Å². The van der Waals surface area contributed by atoms with Gasteiger partial charge < -0.3 is 15.7 Å². The third kappa shape index (κ3) is 3.55. The molecule has 1 heterocycles. The summed E-state index contributed by atoms with van der Waals surface area (Å²) < 4.78 is 0. The van der Waals surface area contributed by atoms with Crippen molar-refractivity contribution in [2.24, 2.45) is 5.73 Å². The molecule has 0 spiro atoms. The quantitative estimate of drug-likeness (QED) is 0.754. The first-order valence-corrected chi connectivity index (χ1v) is 8.38. The highest BCUT2D eigenvalue weighted by atomic mass is 32.2. The molecule has 1 aliphatic heterocycles. The van der Waals surface area contributed by atoms with Crippen molar-refractivity contribution in [2.45, 2.75) is 37.2 Å². The Morgan fingerprint density at radius 2 is 2.28 bits per heavy atom. The van der Waals surface area contributed by atoms with E-state index in [1.54, 1.807) is 11.8 Å². The van der Waals surface area contributed by atoms with Crippen LogP contribution in [0.4, 0.5) is 0 Å². The van der Waals surface area contributed by atoms with Gasteiger partial charge in [-0.2, -0.15) is 11.8 Å². The van der Waals surface area contributed by atoms with Crippen LogP contribution in [-0.4, -0.2) is 57.1 Å². The number of carboxylic acids is 1. The lowest BCUT2D eigenvalue weighted by Crippen LogP contribution is -2.52. The van der Waals surface area contributed by atoms with Crippen molar-refractivity contribution in [3.63, 3.8) is 0 Å². The second kappa shape index (κ2) is 7.25. The molecule has 0 bridgehead atoms. The lowest BCUT2D eigenvalue weighted by Gasteiger charge is -2.29. The number of amides is 1. The molecule has 7 heteroatoms. The van der Waals surface area contributed by atoms with Gasteiger partial charge in [0.25, 0.3) is 0 Å². The number of hydrogen-bond donors (Lipinski definition) is 2.